The van der Waals surface area contributed by atoms with Gasteiger partial charge < -0.3 is 5.11 Å². The molecule has 104 valence electrons. The van der Waals surface area contributed by atoms with Gasteiger partial charge in [-0.05, 0) is 32.1 Å². The Labute approximate surface area is 113 Å². The molecule has 1 aromatic rings. The highest BCUT2D eigenvalue weighted by Crippen LogP contribution is 2.45. The number of aliphatic carboxylic acids is 1. The molecule has 3 rings (SSSR count). The maximum atomic E-state index is 11.5. The summed E-state index contributed by atoms with van der Waals surface area (Å²) in [5.41, 5.74) is -0.738. The molecule has 0 unspecified atom stereocenters. The second-order valence-electron chi connectivity index (χ2n) is 6.02. The van der Waals surface area contributed by atoms with Gasteiger partial charge in [-0.2, -0.15) is 0 Å². The van der Waals surface area contributed by atoms with Crippen molar-refractivity contribution in [3.63, 3.8) is 0 Å². The maximum Gasteiger partial charge on any atom is 0.329 e. The fourth-order valence-electron chi connectivity index (χ4n) is 3.41. The summed E-state index contributed by atoms with van der Waals surface area (Å²) in [5, 5.41) is 17.7. The number of hydrogen-bond donors (Lipinski definition) is 1. The summed E-state index contributed by atoms with van der Waals surface area (Å²) in [6.07, 6.45) is 8.71. The summed E-state index contributed by atoms with van der Waals surface area (Å²) in [6, 6.07) is 0. The maximum absolute atomic E-state index is 11.5. The van der Waals surface area contributed by atoms with Crippen LogP contribution >= 0.6 is 0 Å². The predicted octanol–water partition coefficient (Wildman–Crippen LogP) is 2.28. The van der Waals surface area contributed by atoms with Crippen LogP contribution in [0.3, 0.4) is 0 Å². The zero-order valence-corrected chi connectivity index (χ0v) is 11.4. The summed E-state index contributed by atoms with van der Waals surface area (Å²) in [4.78, 5) is 11.5. The highest BCUT2D eigenvalue weighted by atomic mass is 16.4. The summed E-state index contributed by atoms with van der Waals surface area (Å²) < 4.78 is 1.88. The molecule has 0 radical (unpaired) electrons. The van der Waals surface area contributed by atoms with Crippen LogP contribution < -0.4 is 0 Å². The van der Waals surface area contributed by atoms with Crippen LogP contribution in [0, 0.1) is 12.8 Å². The number of aromatic nitrogens is 3. The smallest absolute Gasteiger partial charge is 0.329 e. The number of carboxylic acids is 1. The summed E-state index contributed by atoms with van der Waals surface area (Å²) in [7, 11) is 0. The molecule has 2 aliphatic carbocycles. The van der Waals surface area contributed by atoms with E-state index in [1.54, 1.807) is 0 Å². The van der Waals surface area contributed by atoms with E-state index in [0.717, 1.165) is 30.4 Å². The molecule has 0 spiro atoms. The lowest BCUT2D eigenvalue weighted by molar-refractivity contribution is -0.142. The van der Waals surface area contributed by atoms with Crippen LogP contribution in [0.5, 0.6) is 0 Å². The van der Waals surface area contributed by atoms with Gasteiger partial charge in [-0.25, -0.2) is 4.79 Å². The van der Waals surface area contributed by atoms with Crippen molar-refractivity contribution in [3.05, 3.63) is 11.6 Å². The molecule has 0 saturated heterocycles. The molecule has 2 aliphatic rings. The number of nitrogens with zero attached hydrogens (tertiary/aromatic N) is 3. The fraction of sp³-hybridized carbons (Fsp3) is 0.786. The first-order valence-electron chi connectivity index (χ1n) is 7.28. The van der Waals surface area contributed by atoms with Crippen LogP contribution in [-0.4, -0.2) is 25.8 Å². The van der Waals surface area contributed by atoms with Crippen molar-refractivity contribution < 1.29 is 9.90 Å². The monoisotopic (exact) mass is 263 g/mol. The second-order valence-corrected chi connectivity index (χ2v) is 6.02. The van der Waals surface area contributed by atoms with Gasteiger partial charge in [0.05, 0.1) is 0 Å². The summed E-state index contributed by atoms with van der Waals surface area (Å²) in [6.45, 7) is 1.86. The number of carbonyl (C=O) groups is 1. The normalized spacial score (nSPS) is 21.7. The van der Waals surface area contributed by atoms with Gasteiger partial charge in [-0.3, -0.25) is 4.57 Å². The van der Waals surface area contributed by atoms with E-state index in [4.69, 9.17) is 0 Å². The van der Waals surface area contributed by atoms with Crippen LogP contribution in [0.2, 0.25) is 0 Å². The van der Waals surface area contributed by atoms with Crippen LogP contribution in [0.25, 0.3) is 0 Å². The molecule has 0 bridgehead atoms. The van der Waals surface area contributed by atoms with Gasteiger partial charge in [0.2, 0.25) is 0 Å². The largest absolute Gasteiger partial charge is 0.479 e. The average molecular weight is 263 g/mol. The molecule has 0 aromatic carbocycles. The summed E-state index contributed by atoms with van der Waals surface area (Å²) >= 11 is 0. The van der Waals surface area contributed by atoms with Crippen molar-refractivity contribution in [2.45, 2.75) is 63.8 Å². The molecule has 0 aliphatic heterocycles. The van der Waals surface area contributed by atoms with Gasteiger partial charge in [0, 0.05) is 6.42 Å². The third kappa shape index (κ3) is 2.15. The first-order chi connectivity index (χ1) is 9.13. The Hall–Kier alpha value is -1.39. The van der Waals surface area contributed by atoms with Crippen molar-refractivity contribution in [2.75, 3.05) is 0 Å². The molecule has 5 nitrogen and oxygen atoms in total. The lowest BCUT2D eigenvalue weighted by Crippen LogP contribution is -2.30. The fourth-order valence-corrected chi connectivity index (χ4v) is 3.41. The SMILES string of the molecule is Cc1nnc(CCC2CCCC2)n1C1(C(=O)O)CC1. The minimum absolute atomic E-state index is 0.706. The van der Waals surface area contributed by atoms with Crippen LogP contribution in [0.1, 0.15) is 56.6 Å². The van der Waals surface area contributed by atoms with Crippen molar-refractivity contribution in [2.24, 2.45) is 5.92 Å². The van der Waals surface area contributed by atoms with Crippen molar-refractivity contribution in [3.8, 4) is 0 Å². The zero-order chi connectivity index (χ0) is 13.5. The van der Waals surface area contributed by atoms with Crippen molar-refractivity contribution in [1.29, 1.82) is 0 Å². The molecule has 5 heteroatoms. The van der Waals surface area contributed by atoms with E-state index >= 15 is 0 Å². The molecule has 19 heavy (non-hydrogen) atoms. The zero-order valence-electron chi connectivity index (χ0n) is 11.4. The van der Waals surface area contributed by atoms with E-state index in [0.29, 0.717) is 12.8 Å². The Morgan fingerprint density at radius 3 is 2.63 bits per heavy atom. The number of rotatable bonds is 5. The minimum Gasteiger partial charge on any atom is -0.479 e. The Kier molecular flexibility index (Phi) is 3.07. The molecular formula is C14H21N3O2. The van der Waals surface area contributed by atoms with E-state index in [1.165, 1.54) is 25.7 Å². The Morgan fingerprint density at radius 2 is 2.05 bits per heavy atom. The van der Waals surface area contributed by atoms with Gasteiger partial charge in [0.15, 0.2) is 0 Å². The third-order valence-corrected chi connectivity index (χ3v) is 4.69. The number of hydrogen-bond acceptors (Lipinski definition) is 3. The van der Waals surface area contributed by atoms with Crippen LogP contribution in [0.15, 0.2) is 0 Å². The van der Waals surface area contributed by atoms with E-state index < -0.39 is 11.5 Å². The molecule has 2 fully saturated rings. The van der Waals surface area contributed by atoms with Crippen molar-refractivity contribution >= 4 is 5.97 Å². The van der Waals surface area contributed by atoms with Crippen molar-refractivity contribution in [1.82, 2.24) is 14.8 Å². The van der Waals surface area contributed by atoms with Gasteiger partial charge in [0.25, 0.3) is 0 Å². The molecule has 0 amide bonds. The van der Waals surface area contributed by atoms with E-state index in [1.807, 2.05) is 11.5 Å². The lowest BCUT2D eigenvalue weighted by Gasteiger charge is -2.17. The van der Waals surface area contributed by atoms with Gasteiger partial charge in [-0.1, -0.05) is 25.7 Å². The molecule has 2 saturated carbocycles. The molecule has 1 heterocycles. The predicted molar refractivity (Wildman–Crippen MR) is 69.9 cm³/mol. The van der Waals surface area contributed by atoms with Gasteiger partial charge in [0.1, 0.15) is 17.2 Å². The van der Waals surface area contributed by atoms with Gasteiger partial charge >= 0.3 is 5.97 Å². The second kappa shape index (κ2) is 4.62. The number of aryl methyl sites for hydroxylation is 2. The summed E-state index contributed by atoms with van der Waals surface area (Å²) in [5.74, 6) is 1.66. The lowest BCUT2D eigenvalue weighted by atomic mass is 10.0. The molecule has 0 atom stereocenters. The Morgan fingerprint density at radius 1 is 1.37 bits per heavy atom. The van der Waals surface area contributed by atoms with Crippen LogP contribution in [-0.2, 0) is 16.8 Å². The average Bonchev–Trinajstić information content (AvgIpc) is 2.84. The first-order valence-corrected chi connectivity index (χ1v) is 7.28. The van der Waals surface area contributed by atoms with Gasteiger partial charge in [-0.15, -0.1) is 10.2 Å². The number of carboxylic acid groups (broad SMARTS) is 1. The standard InChI is InChI=1S/C14H21N3O2/c1-10-15-16-12(7-6-11-4-2-3-5-11)17(10)14(8-9-14)13(18)19/h11H,2-9H2,1H3,(H,18,19). The first kappa shape index (κ1) is 12.6. The Bertz CT molecular complexity index is 485. The van der Waals surface area contributed by atoms with E-state index in [9.17, 15) is 9.90 Å². The highest BCUT2D eigenvalue weighted by molar-refractivity contribution is 5.80. The minimum atomic E-state index is -0.738. The van der Waals surface area contributed by atoms with E-state index in [-0.39, 0.29) is 0 Å². The molecule has 1 N–H and O–H groups in total. The quantitative estimate of drug-likeness (QED) is 0.885. The van der Waals surface area contributed by atoms with Crippen LogP contribution in [0.4, 0.5) is 0 Å². The molecule has 1 aromatic heterocycles. The van der Waals surface area contributed by atoms with E-state index in [2.05, 4.69) is 10.2 Å². The topological polar surface area (TPSA) is 68.0 Å². The third-order valence-electron chi connectivity index (χ3n) is 4.69. The molecular weight excluding hydrogens is 242 g/mol. The highest BCUT2D eigenvalue weighted by Gasteiger charge is 2.54. The Balaban J connectivity index is 1.77.